The fraction of sp³-hybridized carbons (Fsp3) is 0.308. The lowest BCUT2D eigenvalue weighted by molar-refractivity contribution is -0.157. The molecule has 0 amide bonds. The molecular formula is C13H14O4S. The minimum absolute atomic E-state index is 0.150. The first-order chi connectivity index (χ1) is 8.61. The van der Waals surface area contributed by atoms with Gasteiger partial charge >= 0.3 is 5.97 Å². The molecule has 0 N–H and O–H groups in total. The van der Waals surface area contributed by atoms with E-state index in [-0.39, 0.29) is 4.91 Å². The maximum Gasteiger partial charge on any atom is 0.350 e. The molecule has 1 aliphatic rings. The molecule has 0 bridgehead atoms. The number of hydrogen-bond acceptors (Lipinski definition) is 4. The van der Waals surface area contributed by atoms with Crippen molar-refractivity contribution in [1.82, 2.24) is 0 Å². The van der Waals surface area contributed by atoms with Crippen LogP contribution in [0, 0.1) is 6.92 Å². The molecule has 0 fully saturated rings. The first-order valence-electron chi connectivity index (χ1n) is 5.64. The number of ether oxygens (including phenoxy) is 2. The zero-order valence-electron chi connectivity index (χ0n) is 10.2. The Bertz CT molecular complexity index is 504. The van der Waals surface area contributed by atoms with Crippen LogP contribution in [0.1, 0.15) is 12.5 Å². The van der Waals surface area contributed by atoms with Crippen molar-refractivity contribution >= 4 is 16.8 Å². The van der Waals surface area contributed by atoms with Gasteiger partial charge in [-0.25, -0.2) is 9.00 Å². The van der Waals surface area contributed by atoms with Crippen LogP contribution in [0.5, 0.6) is 0 Å². The molecule has 5 heteroatoms. The molecule has 0 aliphatic carbocycles. The number of aryl methyl sites for hydroxylation is 1. The summed E-state index contributed by atoms with van der Waals surface area (Å²) < 4.78 is 22.3. The van der Waals surface area contributed by atoms with E-state index >= 15 is 0 Å². The minimum atomic E-state index is -1.51. The summed E-state index contributed by atoms with van der Waals surface area (Å²) in [5, 5.41) is 0. The maximum absolute atomic E-state index is 12.2. The lowest BCUT2D eigenvalue weighted by Gasteiger charge is -2.05. The molecule has 0 saturated heterocycles. The third kappa shape index (κ3) is 2.68. The fourth-order valence-corrected chi connectivity index (χ4v) is 2.63. The van der Waals surface area contributed by atoms with E-state index in [1.165, 1.54) is 6.08 Å². The van der Waals surface area contributed by atoms with Gasteiger partial charge < -0.3 is 9.47 Å². The van der Waals surface area contributed by atoms with Gasteiger partial charge in [0.2, 0.25) is 6.29 Å². The van der Waals surface area contributed by atoms with Crippen LogP contribution >= 0.6 is 0 Å². The predicted molar refractivity (Wildman–Crippen MR) is 67.2 cm³/mol. The van der Waals surface area contributed by atoms with E-state index in [0.29, 0.717) is 11.5 Å². The number of hydrogen-bond donors (Lipinski definition) is 0. The second-order valence-corrected chi connectivity index (χ2v) is 5.29. The molecule has 1 heterocycles. The summed E-state index contributed by atoms with van der Waals surface area (Å²) in [6.07, 6.45) is 0.758. The van der Waals surface area contributed by atoms with E-state index in [1.807, 2.05) is 19.1 Å². The Morgan fingerprint density at radius 3 is 2.61 bits per heavy atom. The van der Waals surface area contributed by atoms with Gasteiger partial charge in [0, 0.05) is 17.6 Å². The van der Waals surface area contributed by atoms with E-state index < -0.39 is 23.1 Å². The Hall–Kier alpha value is -1.46. The van der Waals surface area contributed by atoms with Crippen LogP contribution in [0.3, 0.4) is 0 Å². The largest absolute Gasteiger partial charge is 0.428 e. The Kier molecular flexibility index (Phi) is 3.93. The first kappa shape index (κ1) is 13.0. The summed E-state index contributed by atoms with van der Waals surface area (Å²) in [5.74, 6) is -0.577. The maximum atomic E-state index is 12.2. The fourth-order valence-electron chi connectivity index (χ4n) is 1.56. The van der Waals surface area contributed by atoms with Crippen molar-refractivity contribution in [2.45, 2.75) is 25.0 Å². The smallest absolute Gasteiger partial charge is 0.350 e. The molecule has 0 aromatic heterocycles. The summed E-state index contributed by atoms with van der Waals surface area (Å²) in [7, 11) is -1.51. The van der Waals surface area contributed by atoms with Crippen molar-refractivity contribution < 1.29 is 18.5 Å². The number of esters is 1. The topological polar surface area (TPSA) is 52.6 Å². The van der Waals surface area contributed by atoms with Gasteiger partial charge in [0.25, 0.3) is 0 Å². The van der Waals surface area contributed by atoms with Gasteiger partial charge in [0.1, 0.15) is 4.91 Å². The second kappa shape index (κ2) is 5.46. The summed E-state index contributed by atoms with van der Waals surface area (Å²) in [4.78, 5) is 12.3. The zero-order valence-corrected chi connectivity index (χ0v) is 11.0. The van der Waals surface area contributed by atoms with Crippen LogP contribution in [0.25, 0.3) is 0 Å². The van der Waals surface area contributed by atoms with E-state index in [0.717, 1.165) is 5.56 Å². The Balaban J connectivity index is 2.21. The summed E-state index contributed by atoms with van der Waals surface area (Å²) in [5.41, 5.74) is 1.07. The molecule has 2 atom stereocenters. The number of benzene rings is 1. The van der Waals surface area contributed by atoms with E-state index in [1.54, 1.807) is 19.1 Å². The van der Waals surface area contributed by atoms with Gasteiger partial charge in [-0.3, -0.25) is 0 Å². The van der Waals surface area contributed by atoms with E-state index in [9.17, 15) is 9.00 Å². The molecule has 18 heavy (non-hydrogen) atoms. The average molecular weight is 266 g/mol. The summed E-state index contributed by atoms with van der Waals surface area (Å²) in [6, 6.07) is 7.20. The molecule has 0 radical (unpaired) electrons. The molecule has 96 valence electrons. The molecule has 1 aromatic rings. The zero-order chi connectivity index (χ0) is 13.1. The van der Waals surface area contributed by atoms with Crippen molar-refractivity contribution in [2.24, 2.45) is 0 Å². The predicted octanol–water partition coefficient (Wildman–Crippen LogP) is 1.91. The van der Waals surface area contributed by atoms with Crippen molar-refractivity contribution in [2.75, 3.05) is 6.61 Å². The first-order valence-corrected chi connectivity index (χ1v) is 6.79. The standard InChI is InChI=1S/C13H14O4S/c1-3-16-12-8-11(13(14)17-12)18(15)10-6-4-9(2)5-7-10/h4-8,12H,3H2,1-2H3/t12-,18?/m1/s1. The van der Waals surface area contributed by atoms with Crippen LogP contribution in [-0.2, 0) is 25.1 Å². The van der Waals surface area contributed by atoms with Gasteiger partial charge in [-0.2, -0.15) is 0 Å². The van der Waals surface area contributed by atoms with Crippen molar-refractivity contribution in [3.63, 3.8) is 0 Å². The lowest BCUT2D eigenvalue weighted by atomic mass is 10.2. The summed E-state index contributed by atoms with van der Waals surface area (Å²) in [6.45, 7) is 4.18. The Morgan fingerprint density at radius 1 is 1.33 bits per heavy atom. The quantitative estimate of drug-likeness (QED) is 0.781. The van der Waals surface area contributed by atoms with E-state index in [2.05, 4.69) is 0 Å². The molecule has 4 nitrogen and oxygen atoms in total. The molecule has 0 saturated carbocycles. The van der Waals surface area contributed by atoms with Gasteiger partial charge in [-0.15, -0.1) is 0 Å². The van der Waals surface area contributed by atoms with Crippen LogP contribution in [-0.4, -0.2) is 23.1 Å². The van der Waals surface area contributed by atoms with Crippen molar-refractivity contribution in [3.8, 4) is 0 Å². The van der Waals surface area contributed by atoms with Gasteiger partial charge in [-0.1, -0.05) is 17.7 Å². The Labute approximate surface area is 108 Å². The Morgan fingerprint density at radius 2 is 2.00 bits per heavy atom. The third-order valence-electron chi connectivity index (χ3n) is 2.48. The number of carbonyl (C=O) groups excluding carboxylic acids is 1. The number of carbonyl (C=O) groups is 1. The monoisotopic (exact) mass is 266 g/mol. The highest BCUT2D eigenvalue weighted by molar-refractivity contribution is 7.90. The van der Waals surface area contributed by atoms with Gasteiger partial charge in [-0.05, 0) is 26.0 Å². The van der Waals surface area contributed by atoms with E-state index in [4.69, 9.17) is 9.47 Å². The van der Waals surface area contributed by atoms with Crippen molar-refractivity contribution in [3.05, 3.63) is 40.8 Å². The molecule has 1 aliphatic heterocycles. The second-order valence-electron chi connectivity index (χ2n) is 3.84. The number of rotatable bonds is 4. The lowest BCUT2D eigenvalue weighted by Crippen LogP contribution is -2.12. The van der Waals surface area contributed by atoms with Crippen LogP contribution in [0.15, 0.2) is 40.1 Å². The molecule has 0 spiro atoms. The molecule has 1 aromatic carbocycles. The van der Waals surface area contributed by atoms with Crippen molar-refractivity contribution in [1.29, 1.82) is 0 Å². The average Bonchev–Trinajstić information content (AvgIpc) is 2.71. The van der Waals surface area contributed by atoms with Crippen LogP contribution in [0.2, 0.25) is 0 Å². The highest BCUT2D eigenvalue weighted by atomic mass is 32.2. The van der Waals surface area contributed by atoms with Gasteiger partial charge in [0.15, 0.2) is 0 Å². The highest BCUT2D eigenvalue weighted by Crippen LogP contribution is 2.23. The SMILES string of the molecule is CCO[C@H]1C=C(S(=O)c2ccc(C)cc2)C(=O)O1. The minimum Gasteiger partial charge on any atom is -0.428 e. The van der Waals surface area contributed by atoms with Crippen LogP contribution < -0.4 is 0 Å². The highest BCUT2D eigenvalue weighted by Gasteiger charge is 2.30. The summed E-state index contributed by atoms with van der Waals surface area (Å²) >= 11 is 0. The van der Waals surface area contributed by atoms with Crippen LogP contribution in [0.4, 0.5) is 0 Å². The normalized spacial score (nSPS) is 20.4. The molecule has 2 rings (SSSR count). The number of cyclic esters (lactones) is 1. The molecule has 1 unspecified atom stereocenters. The molecular weight excluding hydrogens is 252 g/mol. The van der Waals surface area contributed by atoms with Gasteiger partial charge in [0.05, 0.1) is 10.8 Å². The third-order valence-corrected chi connectivity index (χ3v) is 3.88.